The van der Waals surface area contributed by atoms with E-state index in [1.807, 2.05) is 0 Å². The standard InChI is InChI=1S/C24H28N4O5/c1-32-18-10-6-16(7-11-18)24(17-8-12-19(33-2)13-9-17)22(30)28(23(31)26-24)15-27-14-4-3-5-20(27)21(25)29/h6-13,20H,3-5,14-15H2,1-2H3,(H2,25,29)(H,26,31)/t20-/m0/s1. The molecule has 2 heterocycles. The molecule has 4 amide bonds. The molecule has 2 aromatic carbocycles. The lowest BCUT2D eigenvalue weighted by molar-refractivity contribution is -0.134. The molecule has 9 nitrogen and oxygen atoms in total. The van der Waals surface area contributed by atoms with E-state index in [9.17, 15) is 14.4 Å². The summed E-state index contributed by atoms with van der Waals surface area (Å²) in [4.78, 5) is 42.0. The molecule has 0 spiro atoms. The van der Waals surface area contributed by atoms with Gasteiger partial charge in [0.05, 0.1) is 26.9 Å². The molecule has 0 unspecified atom stereocenters. The fourth-order valence-electron chi connectivity index (χ4n) is 4.61. The van der Waals surface area contributed by atoms with Crippen LogP contribution in [-0.4, -0.2) is 61.1 Å². The van der Waals surface area contributed by atoms with Gasteiger partial charge in [0.15, 0.2) is 5.54 Å². The Morgan fingerprint density at radius 1 is 1.00 bits per heavy atom. The second-order valence-corrected chi connectivity index (χ2v) is 8.24. The Hall–Kier alpha value is -3.59. The first-order valence-electron chi connectivity index (χ1n) is 10.9. The first kappa shape index (κ1) is 22.6. The molecule has 2 fully saturated rings. The van der Waals surface area contributed by atoms with Crippen molar-refractivity contribution in [2.45, 2.75) is 30.8 Å². The summed E-state index contributed by atoms with van der Waals surface area (Å²) in [6, 6.07) is 13.0. The Labute approximate surface area is 192 Å². The Morgan fingerprint density at radius 3 is 2.03 bits per heavy atom. The van der Waals surface area contributed by atoms with Crippen molar-refractivity contribution in [2.75, 3.05) is 27.4 Å². The number of imide groups is 1. The summed E-state index contributed by atoms with van der Waals surface area (Å²) in [7, 11) is 3.12. The van der Waals surface area contributed by atoms with E-state index in [1.54, 1.807) is 67.7 Å². The number of carbonyl (C=O) groups excluding carboxylic acids is 3. The zero-order valence-electron chi connectivity index (χ0n) is 18.7. The molecule has 0 saturated carbocycles. The molecular weight excluding hydrogens is 424 g/mol. The van der Waals surface area contributed by atoms with Crippen molar-refractivity contribution < 1.29 is 23.9 Å². The van der Waals surface area contributed by atoms with Crippen LogP contribution in [0.1, 0.15) is 30.4 Å². The fraction of sp³-hybridized carbons (Fsp3) is 0.375. The minimum absolute atomic E-state index is 0.00761. The number of primary amides is 1. The largest absolute Gasteiger partial charge is 0.497 e. The number of hydrogen-bond acceptors (Lipinski definition) is 6. The molecule has 2 saturated heterocycles. The molecule has 2 aliphatic rings. The molecule has 174 valence electrons. The zero-order valence-corrected chi connectivity index (χ0v) is 18.7. The Balaban J connectivity index is 1.74. The molecule has 1 atom stereocenters. The van der Waals surface area contributed by atoms with Crippen molar-refractivity contribution in [2.24, 2.45) is 5.73 Å². The van der Waals surface area contributed by atoms with Crippen molar-refractivity contribution in [3.05, 3.63) is 59.7 Å². The monoisotopic (exact) mass is 452 g/mol. The number of urea groups is 1. The number of nitrogens with zero attached hydrogens (tertiary/aromatic N) is 2. The maximum absolute atomic E-state index is 13.9. The molecular formula is C24H28N4O5. The molecule has 0 bridgehead atoms. The van der Waals surface area contributed by atoms with Crippen LogP contribution in [0.2, 0.25) is 0 Å². The number of methoxy groups -OCH3 is 2. The van der Waals surface area contributed by atoms with Gasteiger partial charge in [-0.3, -0.25) is 14.5 Å². The van der Waals surface area contributed by atoms with Crippen LogP contribution in [0.4, 0.5) is 4.79 Å². The molecule has 0 aromatic heterocycles. The van der Waals surface area contributed by atoms with E-state index in [2.05, 4.69) is 5.32 Å². The second-order valence-electron chi connectivity index (χ2n) is 8.24. The van der Waals surface area contributed by atoms with Crippen LogP contribution in [0.3, 0.4) is 0 Å². The lowest BCUT2D eigenvalue weighted by Crippen LogP contribution is -2.53. The normalized spacial score (nSPS) is 20.4. The highest BCUT2D eigenvalue weighted by molar-refractivity contribution is 6.09. The van der Waals surface area contributed by atoms with Crippen molar-refractivity contribution in [3.63, 3.8) is 0 Å². The quantitative estimate of drug-likeness (QED) is 0.619. The Bertz CT molecular complexity index is 990. The Morgan fingerprint density at radius 2 is 1.55 bits per heavy atom. The average molecular weight is 453 g/mol. The number of benzene rings is 2. The topological polar surface area (TPSA) is 114 Å². The second kappa shape index (κ2) is 9.11. The van der Waals surface area contributed by atoms with Crippen LogP contribution >= 0.6 is 0 Å². The number of nitrogens with two attached hydrogens (primary N) is 1. The molecule has 4 rings (SSSR count). The molecule has 0 aliphatic carbocycles. The van der Waals surface area contributed by atoms with E-state index >= 15 is 0 Å². The number of hydrogen-bond donors (Lipinski definition) is 2. The first-order chi connectivity index (χ1) is 15.9. The third kappa shape index (κ3) is 4.00. The van der Waals surface area contributed by atoms with Crippen LogP contribution in [0.25, 0.3) is 0 Å². The van der Waals surface area contributed by atoms with Crippen molar-refractivity contribution >= 4 is 17.8 Å². The van der Waals surface area contributed by atoms with Crippen LogP contribution in [-0.2, 0) is 15.1 Å². The van der Waals surface area contributed by atoms with Crippen LogP contribution in [0, 0.1) is 0 Å². The van der Waals surface area contributed by atoms with Crippen molar-refractivity contribution in [1.29, 1.82) is 0 Å². The van der Waals surface area contributed by atoms with E-state index in [-0.39, 0.29) is 6.67 Å². The molecule has 2 aromatic rings. The van der Waals surface area contributed by atoms with Gasteiger partial charge >= 0.3 is 6.03 Å². The number of ether oxygens (including phenoxy) is 2. The third-order valence-electron chi connectivity index (χ3n) is 6.42. The highest BCUT2D eigenvalue weighted by Crippen LogP contribution is 2.38. The highest BCUT2D eigenvalue weighted by Gasteiger charge is 2.54. The summed E-state index contributed by atoms with van der Waals surface area (Å²) >= 11 is 0. The summed E-state index contributed by atoms with van der Waals surface area (Å²) in [5, 5.41) is 2.92. The summed E-state index contributed by atoms with van der Waals surface area (Å²) < 4.78 is 10.5. The summed E-state index contributed by atoms with van der Waals surface area (Å²) in [5.41, 5.74) is 5.35. The average Bonchev–Trinajstić information content (AvgIpc) is 3.10. The highest BCUT2D eigenvalue weighted by atomic mass is 16.5. The van der Waals surface area contributed by atoms with Crippen molar-refractivity contribution in [3.8, 4) is 11.5 Å². The minimum Gasteiger partial charge on any atom is -0.497 e. The predicted molar refractivity (Wildman–Crippen MR) is 121 cm³/mol. The summed E-state index contributed by atoms with van der Waals surface area (Å²) in [6.45, 7) is 0.578. The maximum atomic E-state index is 13.9. The summed E-state index contributed by atoms with van der Waals surface area (Å²) in [6.07, 6.45) is 2.36. The SMILES string of the molecule is COc1ccc(C2(c3ccc(OC)cc3)NC(=O)N(CN3CCCC[C@H]3C(N)=O)C2=O)cc1. The van der Waals surface area contributed by atoms with E-state index in [1.165, 1.54) is 0 Å². The van der Waals surface area contributed by atoms with Gasteiger partial charge < -0.3 is 20.5 Å². The smallest absolute Gasteiger partial charge is 0.326 e. The van der Waals surface area contributed by atoms with Gasteiger partial charge in [0, 0.05) is 6.54 Å². The number of carbonyl (C=O) groups is 3. The van der Waals surface area contributed by atoms with Crippen LogP contribution in [0.5, 0.6) is 11.5 Å². The summed E-state index contributed by atoms with van der Waals surface area (Å²) in [5.74, 6) is 0.403. The van der Waals surface area contributed by atoms with Crippen LogP contribution < -0.4 is 20.5 Å². The molecule has 3 N–H and O–H groups in total. The van der Waals surface area contributed by atoms with Gasteiger partial charge in [-0.25, -0.2) is 9.69 Å². The minimum atomic E-state index is -1.42. The van der Waals surface area contributed by atoms with Gasteiger partial charge in [-0.15, -0.1) is 0 Å². The molecule has 2 aliphatic heterocycles. The third-order valence-corrected chi connectivity index (χ3v) is 6.42. The van der Waals surface area contributed by atoms with E-state index < -0.39 is 29.4 Å². The van der Waals surface area contributed by atoms with Gasteiger partial charge in [0.25, 0.3) is 5.91 Å². The fourth-order valence-corrected chi connectivity index (χ4v) is 4.61. The van der Waals surface area contributed by atoms with Crippen molar-refractivity contribution in [1.82, 2.24) is 15.1 Å². The number of piperidine rings is 1. The molecule has 9 heteroatoms. The Kier molecular flexibility index (Phi) is 6.24. The van der Waals surface area contributed by atoms with Gasteiger partial charge in [-0.1, -0.05) is 30.7 Å². The van der Waals surface area contributed by atoms with E-state index in [4.69, 9.17) is 15.2 Å². The lowest BCUT2D eigenvalue weighted by atomic mass is 9.82. The number of nitrogens with one attached hydrogen (secondary N) is 1. The van der Waals surface area contributed by atoms with Gasteiger partial charge in [-0.2, -0.15) is 0 Å². The molecule has 33 heavy (non-hydrogen) atoms. The lowest BCUT2D eigenvalue weighted by Gasteiger charge is -2.35. The molecule has 0 radical (unpaired) electrons. The predicted octanol–water partition coefficient (Wildman–Crippen LogP) is 1.80. The maximum Gasteiger partial charge on any atom is 0.326 e. The number of amides is 4. The number of rotatable bonds is 7. The van der Waals surface area contributed by atoms with E-state index in [0.29, 0.717) is 35.6 Å². The first-order valence-corrected chi connectivity index (χ1v) is 10.9. The number of likely N-dealkylation sites (tertiary alicyclic amines) is 1. The van der Waals surface area contributed by atoms with Gasteiger partial charge in [0.1, 0.15) is 11.5 Å². The van der Waals surface area contributed by atoms with E-state index in [0.717, 1.165) is 17.7 Å². The van der Waals surface area contributed by atoms with Gasteiger partial charge in [-0.05, 0) is 48.2 Å². The van der Waals surface area contributed by atoms with Crippen LogP contribution in [0.15, 0.2) is 48.5 Å². The zero-order chi connectivity index (χ0) is 23.6. The van der Waals surface area contributed by atoms with Gasteiger partial charge in [0.2, 0.25) is 5.91 Å².